The van der Waals surface area contributed by atoms with E-state index in [0.29, 0.717) is 108 Å². The van der Waals surface area contributed by atoms with Crippen molar-refractivity contribution in [3.8, 4) is 23.0 Å². The zero-order valence-electron chi connectivity index (χ0n) is 50.9. The van der Waals surface area contributed by atoms with E-state index in [1.54, 1.807) is 37.6 Å². The fourth-order valence-electron chi connectivity index (χ4n) is 12.8. The molecule has 8 aromatic rings. The summed E-state index contributed by atoms with van der Waals surface area (Å²) in [6, 6.07) is 25.1. The highest BCUT2D eigenvalue weighted by molar-refractivity contribution is 5.86. The van der Waals surface area contributed by atoms with Crippen LogP contribution in [-0.2, 0) is 9.59 Å². The molecule has 12 rings (SSSR count). The van der Waals surface area contributed by atoms with Crippen LogP contribution < -0.4 is 60.6 Å². The second-order valence-corrected chi connectivity index (χ2v) is 23.4. The zero-order valence-corrected chi connectivity index (χ0v) is 50.9. The number of nitrogens with one attached hydrogen (secondary N) is 6. The van der Waals surface area contributed by atoms with Gasteiger partial charge < -0.3 is 100 Å². The highest BCUT2D eigenvalue weighted by Gasteiger charge is 2.46. The molecule has 0 unspecified atom stereocenters. The number of hydrogen-bond acceptors (Lipinski definition) is 23. The average Bonchev–Trinajstić information content (AvgIpc) is 1.56. The van der Waals surface area contributed by atoms with Gasteiger partial charge in [-0.1, -0.05) is 48.5 Å². The van der Waals surface area contributed by atoms with E-state index in [1.807, 2.05) is 107 Å². The van der Waals surface area contributed by atoms with Gasteiger partial charge in [-0.25, -0.2) is 14.8 Å². The third-order valence-electron chi connectivity index (χ3n) is 17.8. The van der Waals surface area contributed by atoms with Gasteiger partial charge in [-0.05, 0) is 96.5 Å². The largest absolute Gasteiger partial charge is 0.497 e. The standard InChI is InChI=1S/C63H74N16O13/c1-89-39-13-5-33(6-14-39)49(34-7-15-40(90-2)16-8-34)70-57-51-59(78(31-64-51)45-25-43(53(84)55(45)86)68-47(82)29-80)74-61(72-57)76-23-21-37(27-76)66-63(88)67-38-22-24-77(28-38)62-73-58(71-50(35-9-17-41(91-3)18-10-35)36-11-19-42(92-4)20-12-36)52-60(75-62)79(32-65-52)46-26-44(54(85)56(46)87)69-48(83)30-81/h5-20,31-32,37-38,43-46,49-50,53-56,80-81,84-87H,21-30H2,1-4H3,(H,68,82)(H,69,83)(H2,66,67,88)(H,70,72,74)(H,71,73,75)/t37-,38-,43+,44+,45-,46-,53-,54-,55+,56+/m1/s1. The first kappa shape index (κ1) is 62.5. The first-order chi connectivity index (χ1) is 44.6. The topological polar surface area (TPSA) is 375 Å². The molecule has 92 heavy (non-hydrogen) atoms. The Morgan fingerprint density at radius 1 is 0.489 bits per heavy atom. The van der Waals surface area contributed by atoms with Gasteiger partial charge in [-0.3, -0.25) is 9.59 Å². The number of aromatic nitrogens is 8. The van der Waals surface area contributed by atoms with Gasteiger partial charge >= 0.3 is 6.03 Å². The number of ether oxygens (including phenoxy) is 4. The van der Waals surface area contributed by atoms with Crippen molar-refractivity contribution in [3.05, 3.63) is 132 Å². The lowest BCUT2D eigenvalue weighted by Gasteiger charge is -2.24. The first-order valence-electron chi connectivity index (χ1n) is 30.3. The van der Waals surface area contributed by atoms with Crippen molar-refractivity contribution in [3.63, 3.8) is 0 Å². The molecule has 4 amide bonds. The number of benzene rings is 4. The number of carbonyl (C=O) groups is 3. The molecule has 4 fully saturated rings. The van der Waals surface area contributed by atoms with Crippen molar-refractivity contribution in [1.29, 1.82) is 0 Å². The maximum absolute atomic E-state index is 14.1. The number of aliphatic hydroxyl groups excluding tert-OH is 6. The number of methoxy groups -OCH3 is 4. The van der Waals surface area contributed by atoms with Crippen molar-refractivity contribution in [2.45, 2.75) is 98.4 Å². The summed E-state index contributed by atoms with van der Waals surface area (Å²) in [5.41, 5.74) is 4.89. The van der Waals surface area contributed by atoms with E-state index in [9.17, 15) is 45.0 Å². The summed E-state index contributed by atoms with van der Waals surface area (Å²) in [5.74, 6) is 2.61. The zero-order chi connectivity index (χ0) is 64.3. The van der Waals surface area contributed by atoms with E-state index in [4.69, 9.17) is 48.9 Å². The highest BCUT2D eigenvalue weighted by atomic mass is 16.5. The smallest absolute Gasteiger partial charge is 0.315 e. The number of aliphatic hydroxyl groups is 6. The molecule has 0 spiro atoms. The van der Waals surface area contributed by atoms with Gasteiger partial charge in [-0.15, -0.1) is 0 Å². The van der Waals surface area contributed by atoms with Crippen molar-refractivity contribution < 1.29 is 64.0 Å². The summed E-state index contributed by atoms with van der Waals surface area (Å²) < 4.78 is 25.3. The minimum Gasteiger partial charge on any atom is -0.497 e. The van der Waals surface area contributed by atoms with Gasteiger partial charge in [0, 0.05) is 38.3 Å². The van der Waals surface area contributed by atoms with Crippen LogP contribution in [0.25, 0.3) is 22.3 Å². The molecule has 12 N–H and O–H groups in total. The van der Waals surface area contributed by atoms with Crippen LogP contribution in [-0.4, -0.2) is 204 Å². The third kappa shape index (κ3) is 12.9. The lowest BCUT2D eigenvalue weighted by molar-refractivity contribution is -0.126. The molecular formula is C63H74N16O13. The number of anilines is 4. The summed E-state index contributed by atoms with van der Waals surface area (Å²) in [4.78, 5) is 72.5. The van der Waals surface area contributed by atoms with E-state index < -0.39 is 91.7 Å². The van der Waals surface area contributed by atoms with E-state index >= 15 is 0 Å². The molecule has 10 atom stereocenters. The molecule has 29 heteroatoms. The van der Waals surface area contributed by atoms with Crippen molar-refractivity contribution in [1.82, 2.24) is 60.3 Å². The van der Waals surface area contributed by atoms with Gasteiger partial charge in [-0.2, -0.15) is 19.9 Å². The molecular weight excluding hydrogens is 1190 g/mol. The van der Waals surface area contributed by atoms with Crippen molar-refractivity contribution >= 4 is 63.7 Å². The van der Waals surface area contributed by atoms with E-state index in [2.05, 4.69) is 31.9 Å². The molecule has 4 aromatic carbocycles. The van der Waals surface area contributed by atoms with Crippen LogP contribution in [0.15, 0.2) is 110 Å². The van der Waals surface area contributed by atoms with Crippen LogP contribution in [0.1, 0.15) is 72.1 Å². The minimum absolute atomic E-state index is 0.0998. The van der Waals surface area contributed by atoms with Gasteiger partial charge in [0.25, 0.3) is 0 Å². The van der Waals surface area contributed by atoms with E-state index in [-0.39, 0.29) is 24.9 Å². The molecule has 2 saturated heterocycles. The molecule has 2 aliphatic carbocycles. The summed E-state index contributed by atoms with van der Waals surface area (Å²) in [6.07, 6.45) is -1.10. The normalized spacial score (nSPS) is 22.9. The summed E-state index contributed by atoms with van der Waals surface area (Å²) in [7, 11) is 6.39. The number of fused-ring (bicyclic) bond motifs is 2. The van der Waals surface area contributed by atoms with Crippen LogP contribution in [0.5, 0.6) is 23.0 Å². The van der Waals surface area contributed by atoms with E-state index in [0.717, 1.165) is 22.3 Å². The SMILES string of the molecule is COc1ccc(C(Nc2nc(N3CC[C@@H](NC(=O)N[C@@H]4CCN(c5nc(NC(c6ccc(OC)cc6)c6ccc(OC)cc6)c6ncn([C@@H]7C[C@H](NC(=O)CO)[C@@H](O)[C@H]7O)c6n5)C4)C3)nc3c2ncn3[C@@H]2C[C@H](NC(=O)CO)[C@@H](O)[C@H]2O)c2ccc(OC)cc2)cc1. The van der Waals surface area contributed by atoms with Gasteiger partial charge in [0.2, 0.25) is 23.7 Å². The molecule has 484 valence electrons. The predicted molar refractivity (Wildman–Crippen MR) is 336 cm³/mol. The second-order valence-electron chi connectivity index (χ2n) is 23.4. The number of hydrogen-bond donors (Lipinski definition) is 12. The van der Waals surface area contributed by atoms with Crippen molar-refractivity contribution in [2.75, 3.05) is 88.3 Å². The van der Waals surface area contributed by atoms with Gasteiger partial charge in [0.05, 0.1) is 77.3 Å². The Morgan fingerprint density at radius 2 is 0.826 bits per heavy atom. The Bertz CT molecular complexity index is 3560. The average molecular weight is 1260 g/mol. The fraction of sp³-hybridized carbons (Fsp3) is 0.413. The summed E-state index contributed by atoms with van der Waals surface area (Å²) >= 11 is 0. The Balaban J connectivity index is 0.799. The number of amides is 4. The van der Waals surface area contributed by atoms with Crippen molar-refractivity contribution in [2.24, 2.45) is 0 Å². The molecule has 29 nitrogen and oxygen atoms in total. The molecule has 0 radical (unpaired) electrons. The minimum atomic E-state index is -1.36. The summed E-state index contributed by atoms with van der Waals surface area (Å²) in [6.45, 7) is -0.0536. The maximum atomic E-state index is 14.1. The molecule has 2 saturated carbocycles. The molecule has 4 aliphatic rings. The molecule has 6 heterocycles. The number of imidazole rings is 2. The molecule has 0 bridgehead atoms. The maximum Gasteiger partial charge on any atom is 0.315 e. The molecule has 2 aliphatic heterocycles. The van der Waals surface area contributed by atoms with Gasteiger partial charge in [0.15, 0.2) is 34.0 Å². The monoisotopic (exact) mass is 1260 g/mol. The Kier molecular flexibility index (Phi) is 18.4. The number of nitrogens with zero attached hydrogens (tertiary/aromatic N) is 10. The van der Waals surface area contributed by atoms with E-state index in [1.165, 1.54) is 12.7 Å². The first-order valence-corrected chi connectivity index (χ1v) is 30.3. The summed E-state index contributed by atoms with van der Waals surface area (Å²) in [5, 5.41) is 83.0. The van der Waals surface area contributed by atoms with Crippen LogP contribution in [0.4, 0.5) is 28.3 Å². The van der Waals surface area contributed by atoms with Crippen LogP contribution in [0, 0.1) is 0 Å². The second kappa shape index (κ2) is 27.0. The number of rotatable bonds is 22. The van der Waals surface area contributed by atoms with Crippen LogP contribution >= 0.6 is 0 Å². The number of carbonyl (C=O) groups excluding carboxylic acids is 3. The van der Waals surface area contributed by atoms with Crippen LogP contribution in [0.3, 0.4) is 0 Å². The fourth-order valence-corrected chi connectivity index (χ4v) is 12.8. The lowest BCUT2D eigenvalue weighted by Crippen LogP contribution is -2.48. The quantitative estimate of drug-likeness (QED) is 0.0461. The Hall–Kier alpha value is -9.65. The number of urea groups is 1. The Labute approximate surface area is 527 Å². The van der Waals surface area contributed by atoms with Crippen LogP contribution in [0.2, 0.25) is 0 Å². The Morgan fingerprint density at radius 3 is 1.14 bits per heavy atom. The molecule has 4 aromatic heterocycles. The third-order valence-corrected chi connectivity index (χ3v) is 17.8. The predicted octanol–water partition coefficient (Wildman–Crippen LogP) is 1.85. The lowest BCUT2D eigenvalue weighted by atomic mass is 9.98. The highest BCUT2D eigenvalue weighted by Crippen LogP contribution is 2.40. The van der Waals surface area contributed by atoms with Gasteiger partial charge in [0.1, 0.15) is 60.6 Å².